The van der Waals surface area contributed by atoms with Gasteiger partial charge in [0, 0.05) is 29.7 Å². The van der Waals surface area contributed by atoms with Gasteiger partial charge in [0.15, 0.2) is 11.6 Å². The fourth-order valence-electron chi connectivity index (χ4n) is 8.90. The van der Waals surface area contributed by atoms with Crippen LogP contribution in [-0.4, -0.2) is 28.9 Å². The third-order valence-corrected chi connectivity index (χ3v) is 11.6. The average Bonchev–Trinajstić information content (AvgIpc) is 2.83. The molecular weight excluding hydrogens is 510 g/mol. The van der Waals surface area contributed by atoms with Gasteiger partial charge in [0.2, 0.25) is 0 Å². The lowest BCUT2D eigenvalue weighted by molar-refractivity contribution is -0.148. The number of ketones is 2. The molecule has 7 heteroatoms. The maximum atomic E-state index is 14.2. The van der Waals surface area contributed by atoms with Crippen LogP contribution in [0.25, 0.3) is 0 Å². The number of nitrogens with one attached hydrogen (secondary N) is 1. The Morgan fingerprint density at radius 3 is 2.30 bits per heavy atom. The first-order valence-electron chi connectivity index (χ1n) is 14.9. The van der Waals surface area contributed by atoms with Crippen molar-refractivity contribution in [2.75, 3.05) is 0 Å². The van der Waals surface area contributed by atoms with Gasteiger partial charge in [-0.3, -0.25) is 14.4 Å². The van der Waals surface area contributed by atoms with Crippen LogP contribution >= 0.6 is 0 Å². The molecule has 4 aliphatic rings. The summed E-state index contributed by atoms with van der Waals surface area (Å²) in [6.07, 6.45) is 8.53. The fraction of sp³-hybridized carbons (Fsp3) is 0.758. The van der Waals surface area contributed by atoms with E-state index < -0.39 is 33.6 Å². The quantitative estimate of drug-likeness (QED) is 0.392. The molecular formula is C33H46F2N2O3. The highest BCUT2D eigenvalue weighted by Gasteiger charge is 2.60. The summed E-state index contributed by atoms with van der Waals surface area (Å²) in [5, 5.41) is 12.7. The van der Waals surface area contributed by atoms with Crippen LogP contribution in [0.15, 0.2) is 23.3 Å². The minimum absolute atomic E-state index is 0.0503. The summed E-state index contributed by atoms with van der Waals surface area (Å²) in [6, 6.07) is 2.13. The predicted molar refractivity (Wildman–Crippen MR) is 150 cm³/mol. The molecule has 5 nitrogen and oxygen atoms in total. The van der Waals surface area contributed by atoms with Gasteiger partial charge in [-0.05, 0) is 79.6 Å². The predicted octanol–water partition coefficient (Wildman–Crippen LogP) is 7.12. The second kappa shape index (κ2) is 9.60. The highest BCUT2D eigenvalue weighted by molar-refractivity contribution is 6.04. The van der Waals surface area contributed by atoms with Crippen molar-refractivity contribution in [3.63, 3.8) is 0 Å². The van der Waals surface area contributed by atoms with Gasteiger partial charge in [-0.25, -0.2) is 0 Å². The van der Waals surface area contributed by atoms with Crippen LogP contribution in [0.2, 0.25) is 0 Å². The van der Waals surface area contributed by atoms with E-state index in [0.717, 1.165) is 24.8 Å². The minimum Gasteiger partial charge on any atom is -0.345 e. The highest BCUT2D eigenvalue weighted by atomic mass is 19.3. The Kier molecular flexibility index (Phi) is 7.34. The average molecular weight is 557 g/mol. The molecule has 2 saturated carbocycles. The van der Waals surface area contributed by atoms with Gasteiger partial charge in [-0.15, -0.1) is 0 Å². The summed E-state index contributed by atoms with van der Waals surface area (Å²) < 4.78 is 28.3. The Morgan fingerprint density at radius 1 is 1.05 bits per heavy atom. The van der Waals surface area contributed by atoms with E-state index in [1.54, 1.807) is 6.08 Å². The monoisotopic (exact) mass is 556 g/mol. The van der Waals surface area contributed by atoms with Crippen molar-refractivity contribution >= 4 is 17.5 Å². The Labute approximate surface area is 238 Å². The number of carbonyl (C=O) groups is 3. The molecule has 0 heterocycles. The lowest BCUT2D eigenvalue weighted by Crippen LogP contribution is -2.61. The van der Waals surface area contributed by atoms with Crippen LogP contribution in [0.3, 0.4) is 0 Å². The topological polar surface area (TPSA) is 87.0 Å². The van der Waals surface area contributed by atoms with Crippen LogP contribution < -0.4 is 5.32 Å². The molecule has 220 valence electrons. The number of alkyl halides is 2. The number of Topliss-reactive ketones (excluding diaryl/α,β-unsaturated/α-hetero) is 1. The SMILES string of the molecule is CC1CCC2(NC(=O)C(C)(F)F)CCC(C)(C)CC2CC(=O)C=C2C3(C)C=C(C#N)C(=O)C(C)(C)C3CCC21C. The standard InChI is InChI=1S/C33H46F2N2O3/c1-20-9-12-33(37-27(40)32(8,34)35)14-13-28(2,3)18-22(33)15-23(38)16-25-30(20,6)11-10-24-29(4,5)26(39)21(19-36)17-31(24,25)7/h16-17,20,22,24H,9-15,18H2,1-8H3,(H,37,40). The van der Waals surface area contributed by atoms with E-state index in [9.17, 15) is 28.4 Å². The third kappa shape index (κ3) is 4.88. The number of allylic oxidation sites excluding steroid dienone is 4. The van der Waals surface area contributed by atoms with Crippen molar-refractivity contribution in [1.82, 2.24) is 5.32 Å². The van der Waals surface area contributed by atoms with E-state index in [0.29, 0.717) is 32.6 Å². The maximum absolute atomic E-state index is 14.2. The maximum Gasteiger partial charge on any atom is 0.321 e. The van der Waals surface area contributed by atoms with Crippen molar-refractivity contribution in [2.24, 2.45) is 39.4 Å². The summed E-state index contributed by atoms with van der Waals surface area (Å²) in [5.74, 6) is -5.24. The molecule has 0 spiro atoms. The largest absolute Gasteiger partial charge is 0.345 e. The van der Waals surface area contributed by atoms with Gasteiger partial charge < -0.3 is 5.32 Å². The van der Waals surface area contributed by atoms with Crippen molar-refractivity contribution in [3.05, 3.63) is 23.3 Å². The van der Waals surface area contributed by atoms with E-state index in [-0.39, 0.29) is 46.7 Å². The van der Waals surface area contributed by atoms with Gasteiger partial charge >= 0.3 is 5.92 Å². The Hall–Kier alpha value is -2.36. The number of halogens is 2. The Bertz CT molecular complexity index is 1220. The smallest absolute Gasteiger partial charge is 0.321 e. The van der Waals surface area contributed by atoms with E-state index in [2.05, 4.69) is 46.0 Å². The fourth-order valence-corrected chi connectivity index (χ4v) is 8.90. The number of hydrogen-bond acceptors (Lipinski definition) is 4. The van der Waals surface area contributed by atoms with Gasteiger partial charge in [0.25, 0.3) is 5.91 Å². The summed E-state index contributed by atoms with van der Waals surface area (Å²) >= 11 is 0. The zero-order valence-electron chi connectivity index (χ0n) is 25.5. The first-order valence-corrected chi connectivity index (χ1v) is 14.9. The number of hydrogen-bond donors (Lipinski definition) is 1. The molecule has 6 unspecified atom stereocenters. The second-order valence-electron chi connectivity index (χ2n) is 15.2. The number of carbonyl (C=O) groups excluding carboxylic acids is 3. The molecule has 0 aromatic rings. The summed E-state index contributed by atoms with van der Waals surface area (Å²) in [5.41, 5.74) is -1.58. The van der Waals surface area contributed by atoms with Crippen molar-refractivity contribution in [3.8, 4) is 6.07 Å². The Morgan fingerprint density at radius 2 is 1.70 bits per heavy atom. The number of fused-ring (bicyclic) bond motifs is 4. The lowest BCUT2D eigenvalue weighted by Gasteiger charge is -2.59. The van der Waals surface area contributed by atoms with E-state index in [4.69, 9.17) is 0 Å². The zero-order chi connectivity index (χ0) is 30.1. The van der Waals surface area contributed by atoms with E-state index in [1.807, 2.05) is 19.9 Å². The van der Waals surface area contributed by atoms with Gasteiger partial charge in [0.05, 0.1) is 5.57 Å². The molecule has 1 N–H and O–H groups in total. The molecule has 4 rings (SSSR count). The molecule has 0 bridgehead atoms. The molecule has 4 aliphatic carbocycles. The van der Waals surface area contributed by atoms with Crippen molar-refractivity contribution in [2.45, 2.75) is 118 Å². The molecule has 0 aromatic carbocycles. The molecule has 6 atom stereocenters. The zero-order valence-corrected chi connectivity index (χ0v) is 25.5. The van der Waals surface area contributed by atoms with Gasteiger partial charge in [0.1, 0.15) is 6.07 Å². The molecule has 40 heavy (non-hydrogen) atoms. The lowest BCUT2D eigenvalue weighted by atomic mass is 9.44. The summed E-state index contributed by atoms with van der Waals surface area (Å²) in [7, 11) is 0. The minimum atomic E-state index is -3.50. The third-order valence-electron chi connectivity index (χ3n) is 11.6. The van der Waals surface area contributed by atoms with Crippen LogP contribution in [0.4, 0.5) is 8.78 Å². The van der Waals surface area contributed by atoms with E-state index in [1.165, 1.54) is 0 Å². The number of rotatable bonds is 2. The van der Waals surface area contributed by atoms with Crippen LogP contribution in [0, 0.1) is 50.7 Å². The number of amides is 1. The van der Waals surface area contributed by atoms with Crippen LogP contribution in [0.1, 0.15) is 107 Å². The van der Waals surface area contributed by atoms with Crippen LogP contribution in [0.5, 0.6) is 0 Å². The summed E-state index contributed by atoms with van der Waals surface area (Å²) in [6.45, 7) is 15.1. The molecule has 0 radical (unpaired) electrons. The first kappa shape index (κ1) is 30.6. The van der Waals surface area contributed by atoms with E-state index >= 15 is 0 Å². The molecule has 0 saturated heterocycles. The second-order valence-corrected chi connectivity index (χ2v) is 15.2. The number of nitrogens with zero attached hydrogens (tertiary/aromatic N) is 1. The summed E-state index contributed by atoms with van der Waals surface area (Å²) in [4.78, 5) is 39.9. The van der Waals surface area contributed by atoms with Crippen LogP contribution in [-0.2, 0) is 14.4 Å². The van der Waals surface area contributed by atoms with Gasteiger partial charge in [-0.2, -0.15) is 14.0 Å². The van der Waals surface area contributed by atoms with Gasteiger partial charge in [-0.1, -0.05) is 60.1 Å². The molecule has 1 amide bonds. The molecule has 0 aliphatic heterocycles. The van der Waals surface area contributed by atoms with Crippen molar-refractivity contribution in [1.29, 1.82) is 5.26 Å². The number of nitriles is 1. The molecule has 0 aromatic heterocycles. The highest BCUT2D eigenvalue weighted by Crippen LogP contribution is 2.65. The normalized spacial score (nSPS) is 39.4. The molecule has 2 fully saturated rings. The Balaban J connectivity index is 1.86. The first-order chi connectivity index (χ1) is 18.2. The van der Waals surface area contributed by atoms with Crippen molar-refractivity contribution < 1.29 is 23.2 Å².